The zero-order chi connectivity index (χ0) is 41.4. The Balaban J connectivity index is 1.03. The summed E-state index contributed by atoms with van der Waals surface area (Å²) in [4.78, 5) is 15.6. The van der Waals surface area contributed by atoms with Crippen molar-refractivity contribution in [3.8, 4) is 51.2 Å². The Bertz CT molecular complexity index is 3860. The maximum atomic E-state index is 5.28. The molecule has 0 unspecified atom stereocenters. The van der Waals surface area contributed by atoms with Gasteiger partial charge in [0.15, 0.2) is 17.5 Å². The van der Waals surface area contributed by atoms with Crippen molar-refractivity contribution >= 4 is 65.4 Å². The highest BCUT2D eigenvalue weighted by atomic mass is 15.1. The minimum Gasteiger partial charge on any atom is -0.309 e. The zero-order valence-corrected chi connectivity index (χ0v) is 34.0. The van der Waals surface area contributed by atoms with E-state index in [1.165, 1.54) is 43.4 Å². The summed E-state index contributed by atoms with van der Waals surface area (Å²) >= 11 is 0. The van der Waals surface area contributed by atoms with Gasteiger partial charge in [-0.05, 0) is 60.7 Å². The number of rotatable bonds is 6. The molecule has 294 valence electrons. The van der Waals surface area contributed by atoms with Crippen LogP contribution >= 0.6 is 0 Å². The third-order valence-electron chi connectivity index (χ3n) is 12.5. The summed E-state index contributed by atoms with van der Waals surface area (Å²) in [6.45, 7) is 0. The Morgan fingerprint density at radius 1 is 0.238 bits per heavy atom. The Kier molecular flexibility index (Phi) is 7.80. The van der Waals surface area contributed by atoms with Crippen LogP contribution in [0.15, 0.2) is 218 Å². The van der Waals surface area contributed by atoms with Crippen molar-refractivity contribution in [3.63, 3.8) is 0 Å². The van der Waals surface area contributed by atoms with Crippen LogP contribution in [0.5, 0.6) is 0 Å². The van der Waals surface area contributed by atoms with Crippen LogP contribution < -0.4 is 0 Å². The molecular weight excluding hydrogens is 769 g/mol. The topological polar surface area (TPSA) is 53.5 Å². The number of fused-ring (bicyclic) bond motifs is 10. The summed E-state index contributed by atoms with van der Waals surface area (Å²) in [5.41, 5.74) is 12.8. The first-order valence-corrected chi connectivity index (χ1v) is 21.3. The fraction of sp³-hybridized carbons (Fsp3) is 0. The predicted molar refractivity (Wildman–Crippen MR) is 259 cm³/mol. The molecule has 0 aliphatic carbocycles. The molecule has 0 saturated carbocycles. The van der Waals surface area contributed by atoms with Crippen molar-refractivity contribution in [2.24, 2.45) is 0 Å². The van der Waals surface area contributed by atoms with E-state index in [0.29, 0.717) is 17.5 Å². The summed E-state index contributed by atoms with van der Waals surface area (Å²) in [6.07, 6.45) is 0. The third-order valence-corrected chi connectivity index (χ3v) is 12.5. The largest absolute Gasteiger partial charge is 0.309 e. The number of hydrogen-bond donors (Lipinski definition) is 0. The molecular formula is C57H36N6. The Hall–Kier alpha value is -8.61. The summed E-state index contributed by atoms with van der Waals surface area (Å²) in [7, 11) is 0. The molecule has 0 amide bonds. The second-order valence-corrected chi connectivity index (χ2v) is 16.0. The van der Waals surface area contributed by atoms with Crippen molar-refractivity contribution in [1.29, 1.82) is 0 Å². The molecule has 63 heavy (non-hydrogen) atoms. The fourth-order valence-electron chi connectivity index (χ4n) is 9.73. The lowest BCUT2D eigenvalue weighted by Crippen LogP contribution is -2.02. The van der Waals surface area contributed by atoms with Gasteiger partial charge in [0.25, 0.3) is 0 Å². The summed E-state index contributed by atoms with van der Waals surface area (Å²) in [5.74, 6) is 1.83. The van der Waals surface area contributed by atoms with E-state index >= 15 is 0 Å². The normalized spacial score (nSPS) is 11.8. The first-order chi connectivity index (χ1) is 31.3. The number of hydrogen-bond acceptors (Lipinski definition) is 3. The van der Waals surface area contributed by atoms with Gasteiger partial charge in [-0.15, -0.1) is 0 Å². The third kappa shape index (κ3) is 5.48. The van der Waals surface area contributed by atoms with Gasteiger partial charge < -0.3 is 13.7 Å². The SMILES string of the molecule is c1ccc(-c2nc(-c3cccc(-n4c5ccccc5c5ccccc54)c3)nc(-c3cccc(-n4c5ccccc5c5ccc6c7ccccc7n(-c7ccccc7)c6c54)c3)n2)cc1. The quantitative estimate of drug-likeness (QED) is 0.168. The van der Waals surface area contributed by atoms with Gasteiger partial charge in [0, 0.05) is 66.1 Å². The Morgan fingerprint density at radius 3 is 1.06 bits per heavy atom. The maximum absolute atomic E-state index is 5.28. The van der Waals surface area contributed by atoms with E-state index in [0.717, 1.165) is 55.8 Å². The lowest BCUT2D eigenvalue weighted by Gasteiger charge is -2.14. The van der Waals surface area contributed by atoms with Crippen molar-refractivity contribution in [3.05, 3.63) is 218 Å². The molecule has 13 rings (SSSR count). The Morgan fingerprint density at radius 2 is 0.571 bits per heavy atom. The van der Waals surface area contributed by atoms with Crippen molar-refractivity contribution in [1.82, 2.24) is 28.7 Å². The molecule has 0 aliphatic rings. The lowest BCUT2D eigenvalue weighted by molar-refractivity contribution is 1.07. The number of benzene rings is 9. The molecule has 6 heteroatoms. The van der Waals surface area contributed by atoms with E-state index in [-0.39, 0.29) is 0 Å². The van der Waals surface area contributed by atoms with Crippen LogP contribution in [-0.2, 0) is 0 Å². The summed E-state index contributed by atoms with van der Waals surface area (Å²) in [6, 6.07) is 77.3. The Labute approximate surface area is 362 Å². The molecule has 0 N–H and O–H groups in total. The van der Waals surface area contributed by atoms with Crippen molar-refractivity contribution < 1.29 is 0 Å². The van der Waals surface area contributed by atoms with Gasteiger partial charge in [-0.1, -0.05) is 158 Å². The maximum Gasteiger partial charge on any atom is 0.164 e. The van der Waals surface area contributed by atoms with E-state index in [2.05, 4.69) is 214 Å². The van der Waals surface area contributed by atoms with Crippen LogP contribution in [0.4, 0.5) is 0 Å². The highest BCUT2D eigenvalue weighted by molar-refractivity contribution is 6.24. The second kappa shape index (κ2) is 14.0. The number of para-hydroxylation sites is 5. The first-order valence-electron chi connectivity index (χ1n) is 21.3. The van der Waals surface area contributed by atoms with Gasteiger partial charge in [0.1, 0.15) is 0 Å². The standard InChI is InChI=1S/C57H36N6/c1-3-17-37(18-4-1)55-58-56(38-19-15-23-41(35-38)61-49-29-11-7-25-43(49)44-26-8-12-30-50(44)61)60-57(59-55)39-20-16-24-42(36-39)63-52-32-14-10-28-46(52)48-34-33-47-45-27-9-13-31-51(45)62(53(47)54(48)63)40-21-5-2-6-22-40/h1-36H. The van der Waals surface area contributed by atoms with E-state index < -0.39 is 0 Å². The van der Waals surface area contributed by atoms with E-state index in [9.17, 15) is 0 Å². The lowest BCUT2D eigenvalue weighted by atomic mass is 10.1. The molecule has 0 radical (unpaired) electrons. The van der Waals surface area contributed by atoms with Gasteiger partial charge in [-0.25, -0.2) is 15.0 Å². The molecule has 4 heterocycles. The van der Waals surface area contributed by atoms with Gasteiger partial charge in [0.2, 0.25) is 0 Å². The summed E-state index contributed by atoms with van der Waals surface area (Å²) in [5, 5.41) is 7.26. The van der Waals surface area contributed by atoms with Gasteiger partial charge >= 0.3 is 0 Å². The van der Waals surface area contributed by atoms with Gasteiger partial charge in [-0.3, -0.25) is 0 Å². The monoisotopic (exact) mass is 804 g/mol. The smallest absolute Gasteiger partial charge is 0.164 e. The van der Waals surface area contributed by atoms with Gasteiger partial charge in [-0.2, -0.15) is 0 Å². The molecule has 0 saturated heterocycles. The van der Waals surface area contributed by atoms with Crippen LogP contribution in [-0.4, -0.2) is 28.7 Å². The minimum atomic E-state index is 0.604. The van der Waals surface area contributed by atoms with Crippen molar-refractivity contribution in [2.75, 3.05) is 0 Å². The minimum absolute atomic E-state index is 0.604. The summed E-state index contributed by atoms with van der Waals surface area (Å²) < 4.78 is 7.17. The van der Waals surface area contributed by atoms with E-state index in [4.69, 9.17) is 15.0 Å². The average Bonchev–Trinajstić information content (AvgIpc) is 4.00. The van der Waals surface area contributed by atoms with E-state index in [1.807, 2.05) is 18.2 Å². The molecule has 13 aromatic rings. The average molecular weight is 805 g/mol. The number of nitrogens with zero attached hydrogens (tertiary/aromatic N) is 6. The molecule has 4 aromatic heterocycles. The molecule has 0 bridgehead atoms. The first kappa shape index (κ1) is 35.2. The van der Waals surface area contributed by atoms with Crippen LogP contribution in [0.2, 0.25) is 0 Å². The van der Waals surface area contributed by atoms with Crippen molar-refractivity contribution in [2.45, 2.75) is 0 Å². The van der Waals surface area contributed by atoms with Gasteiger partial charge in [0.05, 0.1) is 33.1 Å². The van der Waals surface area contributed by atoms with Crippen LogP contribution in [0.1, 0.15) is 0 Å². The molecule has 0 spiro atoms. The molecule has 6 nitrogen and oxygen atoms in total. The second-order valence-electron chi connectivity index (χ2n) is 16.0. The number of aromatic nitrogens is 6. The molecule has 0 atom stereocenters. The highest BCUT2D eigenvalue weighted by Gasteiger charge is 2.22. The molecule has 9 aromatic carbocycles. The van der Waals surface area contributed by atoms with E-state index in [1.54, 1.807) is 0 Å². The van der Waals surface area contributed by atoms with Crippen LogP contribution in [0.3, 0.4) is 0 Å². The van der Waals surface area contributed by atoms with Crippen LogP contribution in [0, 0.1) is 0 Å². The van der Waals surface area contributed by atoms with Crippen LogP contribution in [0.25, 0.3) is 117 Å². The zero-order valence-electron chi connectivity index (χ0n) is 34.0. The molecule has 0 fully saturated rings. The predicted octanol–water partition coefficient (Wildman–Crippen LogP) is 14.2. The molecule has 0 aliphatic heterocycles. The highest BCUT2D eigenvalue weighted by Crippen LogP contribution is 2.42. The fourth-order valence-corrected chi connectivity index (χ4v) is 9.73.